The van der Waals surface area contributed by atoms with Crippen molar-refractivity contribution in [3.05, 3.63) is 48.4 Å². The largest absolute Gasteiger partial charge is 0.482 e. The van der Waals surface area contributed by atoms with Crippen LogP contribution in [0.15, 0.2) is 52.2 Å². The predicted octanol–water partition coefficient (Wildman–Crippen LogP) is 1.22. The fraction of sp³-hybridized carbons (Fsp3) is 0.154. The fourth-order valence-electron chi connectivity index (χ4n) is 1.56. The molecule has 2 N–H and O–H groups in total. The number of carbonyl (C=O) groups is 1. The number of ether oxygens (including phenoxy) is 1. The second-order valence-electron chi connectivity index (χ2n) is 4.11. The summed E-state index contributed by atoms with van der Waals surface area (Å²) in [5.74, 6) is -0.724. The molecule has 0 spiro atoms. The van der Waals surface area contributed by atoms with E-state index < -0.39 is 22.6 Å². The highest BCUT2D eigenvalue weighted by molar-refractivity contribution is 7.89. The maximum absolute atomic E-state index is 11.9. The molecule has 0 amide bonds. The second-order valence-corrected chi connectivity index (χ2v) is 5.88. The molecular formula is C13H13NO6S. The summed E-state index contributed by atoms with van der Waals surface area (Å²) >= 11 is 0. The zero-order valence-electron chi connectivity index (χ0n) is 10.9. The number of carboxylic acid groups (broad SMARTS) is 1. The molecule has 2 rings (SSSR count). The predicted molar refractivity (Wildman–Crippen MR) is 72.3 cm³/mol. The summed E-state index contributed by atoms with van der Waals surface area (Å²) in [7, 11) is -3.63. The van der Waals surface area contributed by atoms with Gasteiger partial charge < -0.3 is 14.3 Å². The summed E-state index contributed by atoms with van der Waals surface area (Å²) in [6.45, 7) is -0.401. The highest BCUT2D eigenvalue weighted by Crippen LogP contribution is 2.14. The van der Waals surface area contributed by atoms with Crippen molar-refractivity contribution in [2.75, 3.05) is 6.61 Å². The minimum Gasteiger partial charge on any atom is -0.482 e. The molecule has 0 bridgehead atoms. The molecule has 0 unspecified atom stereocenters. The Labute approximate surface area is 121 Å². The molecule has 112 valence electrons. The molecule has 0 saturated carbocycles. The van der Waals surface area contributed by atoms with E-state index in [0.717, 1.165) is 6.26 Å². The van der Waals surface area contributed by atoms with Gasteiger partial charge in [-0.1, -0.05) is 12.1 Å². The van der Waals surface area contributed by atoms with Crippen LogP contribution in [0.25, 0.3) is 0 Å². The monoisotopic (exact) mass is 311 g/mol. The molecule has 0 aliphatic heterocycles. The molecule has 1 heterocycles. The third kappa shape index (κ3) is 4.33. The smallest absolute Gasteiger partial charge is 0.341 e. The lowest BCUT2D eigenvalue weighted by Gasteiger charge is -2.07. The molecule has 7 nitrogen and oxygen atoms in total. The van der Waals surface area contributed by atoms with Gasteiger partial charge in [0.1, 0.15) is 16.9 Å². The third-order valence-corrected chi connectivity index (χ3v) is 3.91. The number of aliphatic carboxylic acids is 1. The number of rotatable bonds is 7. The lowest BCUT2D eigenvalue weighted by atomic mass is 10.2. The van der Waals surface area contributed by atoms with Crippen molar-refractivity contribution in [1.82, 2.24) is 4.72 Å². The number of hydrogen-bond donors (Lipinski definition) is 2. The highest BCUT2D eigenvalue weighted by Gasteiger charge is 2.14. The van der Waals surface area contributed by atoms with Crippen LogP contribution in [0.3, 0.4) is 0 Å². The summed E-state index contributed by atoms with van der Waals surface area (Å²) in [6, 6.07) is 7.86. The van der Waals surface area contributed by atoms with E-state index in [1.54, 1.807) is 24.3 Å². The molecule has 0 fully saturated rings. The van der Waals surface area contributed by atoms with E-state index in [0.29, 0.717) is 11.3 Å². The second kappa shape index (κ2) is 6.42. The lowest BCUT2D eigenvalue weighted by molar-refractivity contribution is -0.139. The Hall–Kier alpha value is -2.32. The van der Waals surface area contributed by atoms with E-state index in [-0.39, 0.29) is 11.4 Å². The van der Waals surface area contributed by atoms with Crippen LogP contribution in [0.4, 0.5) is 0 Å². The molecule has 0 saturated heterocycles. The Morgan fingerprint density at radius 2 is 2.14 bits per heavy atom. The average molecular weight is 311 g/mol. The van der Waals surface area contributed by atoms with Crippen LogP contribution < -0.4 is 9.46 Å². The van der Waals surface area contributed by atoms with Crippen molar-refractivity contribution >= 4 is 16.0 Å². The van der Waals surface area contributed by atoms with Gasteiger partial charge in [-0.2, -0.15) is 0 Å². The third-order valence-electron chi connectivity index (χ3n) is 2.53. The van der Waals surface area contributed by atoms with Crippen LogP contribution in [0, 0.1) is 0 Å². The highest BCUT2D eigenvalue weighted by atomic mass is 32.2. The van der Waals surface area contributed by atoms with Gasteiger partial charge in [-0.3, -0.25) is 0 Å². The number of furan rings is 1. The van der Waals surface area contributed by atoms with Crippen molar-refractivity contribution in [3.8, 4) is 5.75 Å². The first-order valence-electron chi connectivity index (χ1n) is 5.93. The zero-order chi connectivity index (χ0) is 15.3. The van der Waals surface area contributed by atoms with Gasteiger partial charge in [-0.15, -0.1) is 0 Å². The molecule has 0 atom stereocenters. The molecule has 0 radical (unpaired) electrons. The summed E-state index contributed by atoms with van der Waals surface area (Å²) in [5, 5.41) is 8.53. The molecule has 2 aromatic rings. The van der Waals surface area contributed by atoms with Crippen LogP contribution in [0.5, 0.6) is 5.75 Å². The van der Waals surface area contributed by atoms with Gasteiger partial charge in [0.15, 0.2) is 6.61 Å². The summed E-state index contributed by atoms with van der Waals surface area (Å²) in [5.41, 5.74) is 0.643. The molecule has 21 heavy (non-hydrogen) atoms. The quantitative estimate of drug-likeness (QED) is 0.796. The maximum Gasteiger partial charge on any atom is 0.341 e. The van der Waals surface area contributed by atoms with Gasteiger partial charge in [0.25, 0.3) is 0 Å². The Morgan fingerprint density at radius 3 is 2.81 bits per heavy atom. The summed E-state index contributed by atoms with van der Waals surface area (Å²) < 4.78 is 35.9. The van der Waals surface area contributed by atoms with Crippen molar-refractivity contribution < 1.29 is 27.5 Å². The van der Waals surface area contributed by atoms with E-state index in [1.807, 2.05) is 0 Å². The summed E-state index contributed by atoms with van der Waals surface area (Å²) in [6.07, 6.45) is 2.41. The van der Waals surface area contributed by atoms with Crippen LogP contribution >= 0.6 is 0 Å². The van der Waals surface area contributed by atoms with Gasteiger partial charge in [-0.05, 0) is 23.8 Å². The van der Waals surface area contributed by atoms with Crippen LogP contribution in [0.1, 0.15) is 5.56 Å². The summed E-state index contributed by atoms with van der Waals surface area (Å²) in [4.78, 5) is 10.5. The van der Waals surface area contributed by atoms with Crippen LogP contribution in [-0.2, 0) is 21.4 Å². The number of carboxylic acids is 1. The van der Waals surface area contributed by atoms with Crippen molar-refractivity contribution in [2.24, 2.45) is 0 Å². The van der Waals surface area contributed by atoms with E-state index in [4.69, 9.17) is 14.3 Å². The first kappa shape index (κ1) is 15.1. The Bertz CT molecular complexity index is 708. The number of nitrogens with one attached hydrogen (secondary N) is 1. The van der Waals surface area contributed by atoms with E-state index in [1.165, 1.54) is 12.3 Å². The molecular weight excluding hydrogens is 298 g/mol. The first-order chi connectivity index (χ1) is 9.97. The van der Waals surface area contributed by atoms with Crippen molar-refractivity contribution in [1.29, 1.82) is 0 Å². The number of hydrogen-bond acceptors (Lipinski definition) is 5. The van der Waals surface area contributed by atoms with E-state index in [9.17, 15) is 13.2 Å². The Morgan fingerprint density at radius 1 is 1.33 bits per heavy atom. The normalized spacial score (nSPS) is 11.2. The Kier molecular flexibility index (Phi) is 4.61. The van der Waals surface area contributed by atoms with Crippen molar-refractivity contribution in [3.63, 3.8) is 0 Å². The molecule has 1 aromatic heterocycles. The van der Waals surface area contributed by atoms with Gasteiger partial charge in [-0.25, -0.2) is 17.9 Å². The molecule has 1 aromatic carbocycles. The first-order valence-corrected chi connectivity index (χ1v) is 7.41. The van der Waals surface area contributed by atoms with E-state index >= 15 is 0 Å². The standard InChI is InChI=1S/C13H13NO6S/c15-13(16)9-20-11-3-1-2-10(6-11)7-14-21(17,18)12-4-5-19-8-12/h1-6,8,14H,7,9H2,(H,15,16). The number of benzene rings is 1. The molecule has 0 aliphatic carbocycles. The van der Waals surface area contributed by atoms with Gasteiger partial charge in [0.05, 0.1) is 6.26 Å². The van der Waals surface area contributed by atoms with Gasteiger partial charge in [0, 0.05) is 6.54 Å². The maximum atomic E-state index is 11.9. The molecule has 0 aliphatic rings. The minimum atomic E-state index is -3.63. The minimum absolute atomic E-state index is 0.0424. The lowest BCUT2D eigenvalue weighted by Crippen LogP contribution is -2.22. The topological polar surface area (TPSA) is 106 Å². The van der Waals surface area contributed by atoms with Gasteiger partial charge in [0.2, 0.25) is 10.0 Å². The van der Waals surface area contributed by atoms with Gasteiger partial charge >= 0.3 is 5.97 Å². The van der Waals surface area contributed by atoms with Crippen LogP contribution in [0.2, 0.25) is 0 Å². The van der Waals surface area contributed by atoms with E-state index in [2.05, 4.69) is 4.72 Å². The Balaban J connectivity index is 2.00. The SMILES string of the molecule is O=C(O)COc1cccc(CNS(=O)(=O)c2ccoc2)c1. The van der Waals surface area contributed by atoms with Crippen molar-refractivity contribution in [2.45, 2.75) is 11.4 Å². The fourth-order valence-corrected chi connectivity index (χ4v) is 2.50. The molecule has 8 heteroatoms. The number of sulfonamides is 1. The zero-order valence-corrected chi connectivity index (χ0v) is 11.7. The van der Waals surface area contributed by atoms with Crippen LogP contribution in [-0.4, -0.2) is 26.1 Å². The average Bonchev–Trinajstić information content (AvgIpc) is 2.98.